The third kappa shape index (κ3) is 6.09. The normalized spacial score (nSPS) is 15.6. The Morgan fingerprint density at radius 2 is 1.63 bits per heavy atom. The first kappa shape index (κ1) is 26.0. The smallest absolute Gasteiger partial charge is 0.322 e. The predicted octanol–water partition coefficient (Wildman–Crippen LogP) is 3.66. The van der Waals surface area contributed by atoms with Crippen LogP contribution in [0.5, 0.6) is 23.0 Å². The lowest BCUT2D eigenvalue weighted by Crippen LogP contribution is -2.59. The van der Waals surface area contributed by atoms with Crippen molar-refractivity contribution in [1.29, 1.82) is 0 Å². The van der Waals surface area contributed by atoms with Crippen molar-refractivity contribution in [1.82, 2.24) is 9.80 Å². The van der Waals surface area contributed by atoms with Crippen LogP contribution in [0.2, 0.25) is 0 Å². The first-order chi connectivity index (χ1) is 16.8. The van der Waals surface area contributed by atoms with Crippen LogP contribution in [0.3, 0.4) is 0 Å². The van der Waals surface area contributed by atoms with Crippen LogP contribution >= 0.6 is 0 Å². The standard InChI is InChI=1S/C26H35N3O6/c1-17(2)21-16-28(25(30)14-18-7-10-22(33-4)24(13-18)35-6)11-12-29(21)26(31)27-20-9-8-19(32-3)15-23(20)34-5/h7-10,13,15,17,21H,11-12,14,16H2,1-6H3,(H,27,31). The third-order valence-electron chi connectivity index (χ3n) is 6.26. The Morgan fingerprint density at radius 3 is 2.26 bits per heavy atom. The topological polar surface area (TPSA) is 89.6 Å². The van der Waals surface area contributed by atoms with E-state index in [1.54, 1.807) is 57.6 Å². The molecule has 1 aliphatic heterocycles. The molecule has 2 aromatic rings. The third-order valence-corrected chi connectivity index (χ3v) is 6.26. The lowest BCUT2D eigenvalue weighted by molar-refractivity contribution is -0.133. The van der Waals surface area contributed by atoms with Gasteiger partial charge >= 0.3 is 6.03 Å². The van der Waals surface area contributed by atoms with Gasteiger partial charge in [0, 0.05) is 25.7 Å². The number of carbonyl (C=O) groups excluding carboxylic acids is 2. The van der Waals surface area contributed by atoms with E-state index in [1.807, 2.05) is 17.0 Å². The molecule has 0 bridgehead atoms. The maximum atomic E-state index is 13.2. The summed E-state index contributed by atoms with van der Waals surface area (Å²) in [4.78, 5) is 29.9. The number of rotatable bonds is 8. The van der Waals surface area contributed by atoms with Gasteiger partial charge in [-0.2, -0.15) is 0 Å². The van der Waals surface area contributed by atoms with Crippen molar-refractivity contribution in [2.24, 2.45) is 5.92 Å². The Balaban J connectivity index is 1.68. The molecule has 2 aromatic carbocycles. The molecule has 0 aromatic heterocycles. The van der Waals surface area contributed by atoms with Crippen LogP contribution in [0, 0.1) is 5.92 Å². The average Bonchev–Trinajstić information content (AvgIpc) is 2.88. The summed E-state index contributed by atoms with van der Waals surface area (Å²) in [5, 5.41) is 2.95. The molecule has 9 heteroatoms. The Kier molecular flexibility index (Phi) is 8.68. The molecule has 0 spiro atoms. The van der Waals surface area contributed by atoms with Crippen molar-refractivity contribution in [2.45, 2.75) is 26.3 Å². The van der Waals surface area contributed by atoms with E-state index in [-0.39, 0.29) is 30.3 Å². The minimum Gasteiger partial charge on any atom is -0.497 e. The summed E-state index contributed by atoms with van der Waals surface area (Å²) in [6.07, 6.45) is 0.250. The number of piperazine rings is 1. The highest BCUT2D eigenvalue weighted by atomic mass is 16.5. The highest BCUT2D eigenvalue weighted by Crippen LogP contribution is 2.30. The van der Waals surface area contributed by atoms with E-state index in [0.717, 1.165) is 5.56 Å². The van der Waals surface area contributed by atoms with Crippen molar-refractivity contribution in [3.63, 3.8) is 0 Å². The van der Waals surface area contributed by atoms with Crippen LogP contribution in [0.1, 0.15) is 19.4 Å². The van der Waals surface area contributed by atoms with Crippen molar-refractivity contribution < 1.29 is 28.5 Å². The number of benzene rings is 2. The quantitative estimate of drug-likeness (QED) is 0.614. The molecule has 1 heterocycles. The van der Waals surface area contributed by atoms with E-state index in [1.165, 1.54) is 0 Å². The van der Waals surface area contributed by atoms with Crippen LogP contribution in [-0.4, -0.2) is 75.9 Å². The number of ether oxygens (including phenoxy) is 4. The van der Waals surface area contributed by atoms with Crippen LogP contribution in [0.4, 0.5) is 10.5 Å². The number of nitrogens with zero attached hydrogens (tertiary/aromatic N) is 2. The number of anilines is 1. The molecular formula is C26H35N3O6. The minimum atomic E-state index is -0.223. The van der Waals surface area contributed by atoms with Crippen molar-refractivity contribution in [3.8, 4) is 23.0 Å². The Labute approximate surface area is 206 Å². The lowest BCUT2D eigenvalue weighted by atomic mass is 9.99. The number of urea groups is 1. The van der Waals surface area contributed by atoms with Gasteiger partial charge in [-0.05, 0) is 35.7 Å². The largest absolute Gasteiger partial charge is 0.497 e. The van der Waals surface area contributed by atoms with E-state index in [0.29, 0.717) is 48.3 Å². The van der Waals surface area contributed by atoms with E-state index < -0.39 is 0 Å². The first-order valence-electron chi connectivity index (χ1n) is 11.6. The second-order valence-corrected chi connectivity index (χ2v) is 8.71. The fraction of sp³-hybridized carbons (Fsp3) is 0.462. The van der Waals surface area contributed by atoms with Gasteiger partial charge in [0.05, 0.1) is 46.6 Å². The van der Waals surface area contributed by atoms with Gasteiger partial charge in [0.2, 0.25) is 5.91 Å². The summed E-state index contributed by atoms with van der Waals surface area (Å²) in [6.45, 7) is 5.48. The monoisotopic (exact) mass is 485 g/mol. The lowest BCUT2D eigenvalue weighted by Gasteiger charge is -2.43. The van der Waals surface area contributed by atoms with Crippen molar-refractivity contribution in [2.75, 3.05) is 53.4 Å². The highest BCUT2D eigenvalue weighted by molar-refractivity contribution is 5.91. The maximum absolute atomic E-state index is 13.2. The molecule has 35 heavy (non-hydrogen) atoms. The number of hydrogen-bond acceptors (Lipinski definition) is 6. The molecule has 0 saturated carbocycles. The Bertz CT molecular complexity index is 1040. The summed E-state index contributed by atoms with van der Waals surface area (Å²) in [7, 11) is 6.27. The summed E-state index contributed by atoms with van der Waals surface area (Å²) in [5.74, 6) is 2.55. The number of nitrogens with one attached hydrogen (secondary N) is 1. The van der Waals surface area contributed by atoms with Gasteiger partial charge in [-0.1, -0.05) is 19.9 Å². The predicted molar refractivity (Wildman–Crippen MR) is 134 cm³/mol. The van der Waals surface area contributed by atoms with Gasteiger partial charge in [-0.15, -0.1) is 0 Å². The SMILES string of the molecule is COc1ccc(NC(=O)N2CCN(C(=O)Cc3ccc(OC)c(OC)c3)CC2C(C)C)c(OC)c1. The van der Waals surface area contributed by atoms with Gasteiger partial charge in [-0.3, -0.25) is 4.79 Å². The van der Waals surface area contributed by atoms with Gasteiger partial charge in [-0.25, -0.2) is 4.79 Å². The van der Waals surface area contributed by atoms with Gasteiger partial charge in [0.1, 0.15) is 11.5 Å². The molecule has 1 atom stereocenters. The highest BCUT2D eigenvalue weighted by Gasteiger charge is 2.34. The van der Waals surface area contributed by atoms with E-state index in [2.05, 4.69) is 19.2 Å². The molecule has 0 aliphatic carbocycles. The zero-order chi connectivity index (χ0) is 25.5. The van der Waals surface area contributed by atoms with Gasteiger partial charge in [0.15, 0.2) is 11.5 Å². The zero-order valence-electron chi connectivity index (χ0n) is 21.3. The number of hydrogen-bond donors (Lipinski definition) is 1. The van der Waals surface area contributed by atoms with Crippen LogP contribution in [0.15, 0.2) is 36.4 Å². The van der Waals surface area contributed by atoms with E-state index in [9.17, 15) is 9.59 Å². The van der Waals surface area contributed by atoms with E-state index in [4.69, 9.17) is 18.9 Å². The molecule has 1 unspecified atom stereocenters. The summed E-state index contributed by atoms with van der Waals surface area (Å²) < 4.78 is 21.3. The molecule has 1 fully saturated rings. The first-order valence-corrected chi connectivity index (χ1v) is 11.6. The molecule has 0 radical (unpaired) electrons. The fourth-order valence-electron chi connectivity index (χ4n) is 4.23. The van der Waals surface area contributed by atoms with E-state index >= 15 is 0 Å². The summed E-state index contributed by atoms with van der Waals surface area (Å²) in [6, 6.07) is 10.4. The van der Waals surface area contributed by atoms with Crippen LogP contribution < -0.4 is 24.3 Å². The van der Waals surface area contributed by atoms with Crippen LogP contribution in [-0.2, 0) is 11.2 Å². The van der Waals surface area contributed by atoms with Gasteiger partial charge < -0.3 is 34.1 Å². The van der Waals surface area contributed by atoms with Gasteiger partial charge in [0.25, 0.3) is 0 Å². The number of amides is 3. The molecule has 1 aliphatic rings. The van der Waals surface area contributed by atoms with Crippen molar-refractivity contribution in [3.05, 3.63) is 42.0 Å². The Morgan fingerprint density at radius 1 is 0.914 bits per heavy atom. The fourth-order valence-corrected chi connectivity index (χ4v) is 4.23. The molecule has 190 valence electrons. The summed E-state index contributed by atoms with van der Waals surface area (Å²) in [5.41, 5.74) is 1.41. The molecule has 1 saturated heterocycles. The Hall–Kier alpha value is -3.62. The molecule has 1 N–H and O–H groups in total. The average molecular weight is 486 g/mol. The second kappa shape index (κ2) is 11.7. The molecule has 3 rings (SSSR count). The van der Waals surface area contributed by atoms with Crippen molar-refractivity contribution >= 4 is 17.6 Å². The number of methoxy groups -OCH3 is 4. The molecular weight excluding hydrogens is 450 g/mol. The van der Waals surface area contributed by atoms with Crippen LogP contribution in [0.25, 0.3) is 0 Å². The molecule has 3 amide bonds. The minimum absolute atomic E-state index is 0.0137. The second-order valence-electron chi connectivity index (χ2n) is 8.71. The maximum Gasteiger partial charge on any atom is 0.322 e. The molecule has 9 nitrogen and oxygen atoms in total. The summed E-state index contributed by atoms with van der Waals surface area (Å²) >= 11 is 0. The number of carbonyl (C=O) groups is 2. The zero-order valence-corrected chi connectivity index (χ0v) is 21.3.